The van der Waals surface area contributed by atoms with E-state index >= 15 is 0 Å². The Kier molecular flexibility index (Phi) is 2.87. The molecule has 0 amide bonds. The fourth-order valence-corrected chi connectivity index (χ4v) is 2.16. The number of nitrogens with zero attached hydrogens (tertiary/aromatic N) is 2. The Bertz CT molecular complexity index is 793. The number of para-hydroxylation sites is 1. The monoisotopic (exact) mass is 268 g/mol. The van der Waals surface area contributed by atoms with Crippen molar-refractivity contribution in [3.05, 3.63) is 54.4 Å². The highest BCUT2D eigenvalue weighted by molar-refractivity contribution is 5.89. The van der Waals surface area contributed by atoms with Gasteiger partial charge in [0.1, 0.15) is 11.6 Å². The van der Waals surface area contributed by atoms with Gasteiger partial charge in [-0.15, -0.1) is 0 Å². The van der Waals surface area contributed by atoms with Crippen LogP contribution in [-0.2, 0) is 0 Å². The van der Waals surface area contributed by atoms with Crippen molar-refractivity contribution in [1.82, 2.24) is 9.38 Å². The number of rotatable bonds is 3. The molecule has 3 aromatic rings. The maximum absolute atomic E-state index is 11.0. The van der Waals surface area contributed by atoms with Gasteiger partial charge in [-0.1, -0.05) is 12.1 Å². The highest BCUT2D eigenvalue weighted by Gasteiger charge is 2.12. The SMILES string of the molecule is COc1ccccc1-c1ncc2cc(C(=O)O)ccn12. The van der Waals surface area contributed by atoms with E-state index in [2.05, 4.69) is 4.98 Å². The van der Waals surface area contributed by atoms with Crippen molar-refractivity contribution in [3.63, 3.8) is 0 Å². The summed E-state index contributed by atoms with van der Waals surface area (Å²) in [6.45, 7) is 0. The van der Waals surface area contributed by atoms with Crippen molar-refractivity contribution in [3.8, 4) is 17.1 Å². The van der Waals surface area contributed by atoms with Crippen LogP contribution < -0.4 is 4.74 Å². The van der Waals surface area contributed by atoms with Gasteiger partial charge >= 0.3 is 5.97 Å². The summed E-state index contributed by atoms with van der Waals surface area (Å²) in [5, 5.41) is 9.00. The van der Waals surface area contributed by atoms with Crippen LogP contribution in [0.15, 0.2) is 48.8 Å². The maximum atomic E-state index is 11.0. The predicted molar refractivity (Wildman–Crippen MR) is 74.1 cm³/mol. The van der Waals surface area contributed by atoms with Crippen molar-refractivity contribution in [2.45, 2.75) is 0 Å². The summed E-state index contributed by atoms with van der Waals surface area (Å²) < 4.78 is 7.17. The fraction of sp³-hybridized carbons (Fsp3) is 0.0667. The number of hydrogen-bond donors (Lipinski definition) is 1. The zero-order chi connectivity index (χ0) is 14.1. The first-order valence-electron chi connectivity index (χ1n) is 6.04. The van der Waals surface area contributed by atoms with E-state index in [1.54, 1.807) is 31.6 Å². The van der Waals surface area contributed by atoms with Crippen molar-refractivity contribution in [2.75, 3.05) is 7.11 Å². The highest BCUT2D eigenvalue weighted by atomic mass is 16.5. The molecule has 3 rings (SSSR count). The summed E-state index contributed by atoms with van der Waals surface area (Å²) >= 11 is 0. The number of ether oxygens (including phenoxy) is 1. The number of carboxylic acid groups (broad SMARTS) is 1. The number of methoxy groups -OCH3 is 1. The van der Waals surface area contributed by atoms with Crippen molar-refractivity contribution in [1.29, 1.82) is 0 Å². The molecular weight excluding hydrogens is 256 g/mol. The Balaban J connectivity index is 2.20. The van der Waals surface area contributed by atoms with Crippen LogP contribution in [0.25, 0.3) is 16.9 Å². The van der Waals surface area contributed by atoms with E-state index in [1.807, 2.05) is 28.7 Å². The second-order valence-corrected chi connectivity index (χ2v) is 4.30. The van der Waals surface area contributed by atoms with Crippen molar-refractivity contribution in [2.24, 2.45) is 0 Å². The Morgan fingerprint density at radius 2 is 2.10 bits per heavy atom. The van der Waals surface area contributed by atoms with E-state index in [-0.39, 0.29) is 5.56 Å². The number of benzene rings is 1. The summed E-state index contributed by atoms with van der Waals surface area (Å²) in [6.07, 6.45) is 3.35. The maximum Gasteiger partial charge on any atom is 0.335 e. The number of aromatic nitrogens is 2. The number of imidazole rings is 1. The Labute approximate surface area is 115 Å². The van der Waals surface area contributed by atoms with Crippen LogP contribution >= 0.6 is 0 Å². The summed E-state index contributed by atoms with van der Waals surface area (Å²) in [5.41, 5.74) is 1.83. The molecule has 0 bridgehead atoms. The third-order valence-electron chi connectivity index (χ3n) is 3.13. The molecule has 1 N–H and O–H groups in total. The molecule has 0 radical (unpaired) electrons. The number of aromatic carboxylic acids is 1. The van der Waals surface area contributed by atoms with Gasteiger partial charge in [0.2, 0.25) is 0 Å². The second-order valence-electron chi connectivity index (χ2n) is 4.30. The minimum atomic E-state index is -0.951. The second kappa shape index (κ2) is 4.70. The normalized spacial score (nSPS) is 10.7. The van der Waals surface area contributed by atoms with E-state index in [0.717, 1.165) is 22.7 Å². The molecule has 0 aliphatic carbocycles. The molecule has 100 valence electrons. The molecule has 5 heteroatoms. The largest absolute Gasteiger partial charge is 0.496 e. The third-order valence-corrected chi connectivity index (χ3v) is 3.13. The molecule has 0 unspecified atom stereocenters. The van der Waals surface area contributed by atoms with Crippen LogP contribution in [0.2, 0.25) is 0 Å². The van der Waals surface area contributed by atoms with Crippen molar-refractivity contribution >= 4 is 11.5 Å². The lowest BCUT2D eigenvalue weighted by Crippen LogP contribution is -1.98. The van der Waals surface area contributed by atoms with Crippen LogP contribution in [0.1, 0.15) is 10.4 Å². The molecule has 0 saturated carbocycles. The molecule has 0 spiro atoms. The Morgan fingerprint density at radius 1 is 1.30 bits per heavy atom. The van der Waals surface area contributed by atoms with E-state index in [4.69, 9.17) is 9.84 Å². The van der Waals surface area contributed by atoms with Gasteiger partial charge in [-0.25, -0.2) is 9.78 Å². The first-order chi connectivity index (χ1) is 9.70. The lowest BCUT2D eigenvalue weighted by molar-refractivity contribution is 0.0697. The van der Waals surface area contributed by atoms with Crippen LogP contribution in [0.3, 0.4) is 0 Å². The van der Waals surface area contributed by atoms with Gasteiger partial charge in [-0.05, 0) is 24.3 Å². The molecule has 5 nitrogen and oxygen atoms in total. The van der Waals surface area contributed by atoms with Crippen LogP contribution in [0, 0.1) is 0 Å². The van der Waals surface area contributed by atoms with E-state index in [1.165, 1.54) is 0 Å². The first-order valence-corrected chi connectivity index (χ1v) is 6.04. The molecule has 1 aromatic carbocycles. The van der Waals surface area contributed by atoms with Crippen LogP contribution in [-0.4, -0.2) is 27.6 Å². The Hall–Kier alpha value is -2.82. The molecule has 2 heterocycles. The minimum Gasteiger partial charge on any atom is -0.496 e. The Morgan fingerprint density at radius 3 is 2.85 bits per heavy atom. The molecule has 20 heavy (non-hydrogen) atoms. The van der Waals surface area contributed by atoms with Crippen LogP contribution in [0.4, 0.5) is 0 Å². The van der Waals surface area contributed by atoms with E-state index < -0.39 is 5.97 Å². The van der Waals surface area contributed by atoms with Gasteiger partial charge in [0.15, 0.2) is 0 Å². The van der Waals surface area contributed by atoms with Gasteiger partial charge in [0, 0.05) is 6.20 Å². The van der Waals surface area contributed by atoms with Gasteiger partial charge in [0.25, 0.3) is 0 Å². The summed E-state index contributed by atoms with van der Waals surface area (Å²) in [5.74, 6) is 0.490. The quantitative estimate of drug-likeness (QED) is 0.793. The number of pyridine rings is 1. The van der Waals surface area contributed by atoms with Crippen molar-refractivity contribution < 1.29 is 14.6 Å². The molecule has 0 aliphatic heterocycles. The average molecular weight is 268 g/mol. The zero-order valence-corrected chi connectivity index (χ0v) is 10.8. The molecular formula is C15H12N2O3. The highest BCUT2D eigenvalue weighted by Crippen LogP contribution is 2.29. The molecule has 0 aliphatic rings. The average Bonchev–Trinajstić information content (AvgIpc) is 2.89. The standard InChI is InChI=1S/C15H12N2O3/c1-20-13-5-3-2-4-12(13)14-16-9-11-8-10(15(18)19)6-7-17(11)14/h2-9H,1H3,(H,18,19). The van der Waals surface area contributed by atoms with Gasteiger partial charge in [-0.2, -0.15) is 0 Å². The molecule has 0 fully saturated rings. The first kappa shape index (κ1) is 12.2. The van der Waals surface area contributed by atoms with Gasteiger partial charge in [-0.3, -0.25) is 4.40 Å². The molecule has 2 aromatic heterocycles. The lowest BCUT2D eigenvalue weighted by atomic mass is 10.2. The zero-order valence-electron chi connectivity index (χ0n) is 10.8. The van der Waals surface area contributed by atoms with E-state index in [0.29, 0.717) is 0 Å². The topological polar surface area (TPSA) is 63.8 Å². The molecule has 0 atom stereocenters. The van der Waals surface area contributed by atoms with Gasteiger partial charge < -0.3 is 9.84 Å². The minimum absolute atomic E-state index is 0.240. The van der Waals surface area contributed by atoms with Gasteiger partial charge in [0.05, 0.1) is 30.0 Å². The fourth-order valence-electron chi connectivity index (χ4n) is 2.16. The number of carbonyl (C=O) groups is 1. The number of carboxylic acids is 1. The lowest BCUT2D eigenvalue weighted by Gasteiger charge is -2.07. The van der Waals surface area contributed by atoms with Crippen LogP contribution in [0.5, 0.6) is 5.75 Å². The summed E-state index contributed by atoms with van der Waals surface area (Å²) in [6, 6.07) is 10.7. The summed E-state index contributed by atoms with van der Waals surface area (Å²) in [4.78, 5) is 15.3. The predicted octanol–water partition coefficient (Wildman–Crippen LogP) is 2.71. The summed E-state index contributed by atoms with van der Waals surface area (Å²) in [7, 11) is 1.61. The number of hydrogen-bond acceptors (Lipinski definition) is 3. The third kappa shape index (κ3) is 1.89. The van der Waals surface area contributed by atoms with E-state index in [9.17, 15) is 4.79 Å². The number of fused-ring (bicyclic) bond motifs is 1. The molecule has 0 saturated heterocycles. The smallest absolute Gasteiger partial charge is 0.335 e.